The number of hydrogen-bond donors (Lipinski definition) is 1. The van der Waals surface area contributed by atoms with E-state index in [-0.39, 0.29) is 6.04 Å². The van der Waals surface area contributed by atoms with Gasteiger partial charge in [0.15, 0.2) is 0 Å². The van der Waals surface area contributed by atoms with Crippen molar-refractivity contribution in [3.8, 4) is 0 Å². The van der Waals surface area contributed by atoms with Crippen molar-refractivity contribution in [2.24, 2.45) is 10.7 Å². The molecule has 76 valence electrons. The van der Waals surface area contributed by atoms with E-state index in [4.69, 9.17) is 5.73 Å². The molecule has 0 spiro atoms. The molecule has 0 atom stereocenters. The van der Waals surface area contributed by atoms with Crippen molar-refractivity contribution in [1.29, 1.82) is 0 Å². The van der Waals surface area contributed by atoms with Gasteiger partial charge >= 0.3 is 0 Å². The van der Waals surface area contributed by atoms with Gasteiger partial charge in [-0.3, -0.25) is 4.99 Å². The maximum atomic E-state index is 5.87. The molecule has 0 saturated carbocycles. The van der Waals surface area contributed by atoms with Crippen LogP contribution in [0.4, 0.5) is 0 Å². The topological polar surface area (TPSA) is 38.4 Å². The molecule has 2 N–H and O–H groups in total. The second kappa shape index (κ2) is 4.60. The minimum Gasteiger partial charge on any atom is -0.383 e. The predicted octanol–water partition coefficient (Wildman–Crippen LogP) is 2.87. The number of rotatable bonds is 2. The zero-order valence-corrected chi connectivity index (χ0v) is 10.3. The third kappa shape index (κ3) is 2.84. The molecule has 0 aliphatic heterocycles. The van der Waals surface area contributed by atoms with Gasteiger partial charge in [-0.05, 0) is 38.5 Å². The van der Waals surface area contributed by atoms with Gasteiger partial charge in [0.25, 0.3) is 0 Å². The summed E-state index contributed by atoms with van der Waals surface area (Å²) in [6, 6.07) is 6.28. The third-order valence-corrected chi connectivity index (χ3v) is 2.45. The largest absolute Gasteiger partial charge is 0.383 e. The van der Waals surface area contributed by atoms with Crippen molar-refractivity contribution >= 4 is 21.8 Å². The molecule has 1 aromatic carbocycles. The summed E-state index contributed by atoms with van der Waals surface area (Å²) in [5.41, 5.74) is 8.04. The molecule has 2 nitrogen and oxygen atoms in total. The van der Waals surface area contributed by atoms with Crippen LogP contribution >= 0.6 is 15.9 Å². The monoisotopic (exact) mass is 254 g/mol. The summed E-state index contributed by atoms with van der Waals surface area (Å²) in [4.78, 5) is 4.30. The Hall–Kier alpha value is -0.830. The lowest BCUT2D eigenvalue weighted by atomic mass is 10.1. The van der Waals surface area contributed by atoms with Crippen molar-refractivity contribution in [3.63, 3.8) is 0 Å². The normalized spacial score (nSPS) is 12.2. The number of aryl methyl sites for hydroxylation is 1. The maximum Gasteiger partial charge on any atom is 0.127 e. The Morgan fingerprint density at radius 1 is 1.43 bits per heavy atom. The van der Waals surface area contributed by atoms with E-state index in [2.05, 4.69) is 20.9 Å². The first-order chi connectivity index (χ1) is 6.50. The highest BCUT2D eigenvalue weighted by Crippen LogP contribution is 2.18. The number of nitrogens with two attached hydrogens (primary N) is 1. The van der Waals surface area contributed by atoms with E-state index in [9.17, 15) is 0 Å². The van der Waals surface area contributed by atoms with Crippen molar-refractivity contribution in [3.05, 3.63) is 33.8 Å². The van der Waals surface area contributed by atoms with Crippen molar-refractivity contribution in [2.45, 2.75) is 26.8 Å². The predicted molar refractivity (Wildman–Crippen MR) is 64.7 cm³/mol. The van der Waals surface area contributed by atoms with Gasteiger partial charge in [0.1, 0.15) is 5.84 Å². The molecule has 0 bridgehead atoms. The quantitative estimate of drug-likeness (QED) is 0.640. The van der Waals surface area contributed by atoms with E-state index in [0.717, 1.165) is 10.0 Å². The van der Waals surface area contributed by atoms with Gasteiger partial charge in [-0.2, -0.15) is 0 Å². The Morgan fingerprint density at radius 3 is 2.57 bits per heavy atom. The van der Waals surface area contributed by atoms with E-state index in [0.29, 0.717) is 5.84 Å². The van der Waals surface area contributed by atoms with Crippen LogP contribution in [0, 0.1) is 6.92 Å². The Labute approximate surface area is 93.4 Å². The van der Waals surface area contributed by atoms with Gasteiger partial charge in [-0.15, -0.1) is 0 Å². The first kappa shape index (κ1) is 11.2. The Kier molecular flexibility index (Phi) is 3.69. The molecule has 0 aliphatic rings. The van der Waals surface area contributed by atoms with Gasteiger partial charge < -0.3 is 5.73 Å². The van der Waals surface area contributed by atoms with E-state index in [1.165, 1.54) is 5.56 Å². The fourth-order valence-corrected chi connectivity index (χ4v) is 1.87. The minimum atomic E-state index is 0.225. The number of hydrogen-bond acceptors (Lipinski definition) is 1. The summed E-state index contributed by atoms with van der Waals surface area (Å²) >= 11 is 3.48. The highest BCUT2D eigenvalue weighted by atomic mass is 79.9. The summed E-state index contributed by atoms with van der Waals surface area (Å²) in [7, 11) is 0. The number of aliphatic imine (C=N–C) groups is 1. The zero-order chi connectivity index (χ0) is 10.7. The Balaban J connectivity index is 3.07. The number of nitrogens with zero attached hydrogens (tertiary/aromatic N) is 1. The lowest BCUT2D eigenvalue weighted by molar-refractivity contribution is 0.834. The Morgan fingerprint density at radius 2 is 2.07 bits per heavy atom. The van der Waals surface area contributed by atoms with Crippen molar-refractivity contribution < 1.29 is 0 Å². The molecule has 0 saturated heterocycles. The molecule has 0 aromatic heterocycles. The molecule has 0 unspecified atom stereocenters. The van der Waals surface area contributed by atoms with Crippen LogP contribution in [-0.4, -0.2) is 11.9 Å². The van der Waals surface area contributed by atoms with Crippen LogP contribution in [0.5, 0.6) is 0 Å². The SMILES string of the molecule is Cc1ccc(C(N)=NC(C)C)c(Br)c1. The first-order valence-electron chi connectivity index (χ1n) is 4.60. The van der Waals surface area contributed by atoms with Crippen molar-refractivity contribution in [2.75, 3.05) is 0 Å². The molecule has 0 aliphatic carbocycles. The summed E-state index contributed by atoms with van der Waals surface area (Å²) < 4.78 is 0.999. The van der Waals surface area contributed by atoms with Gasteiger partial charge in [0.2, 0.25) is 0 Å². The number of halogens is 1. The van der Waals surface area contributed by atoms with Gasteiger partial charge in [-0.1, -0.05) is 22.0 Å². The van der Waals surface area contributed by atoms with Gasteiger partial charge in [0, 0.05) is 16.1 Å². The molecular weight excluding hydrogens is 240 g/mol. The highest BCUT2D eigenvalue weighted by Gasteiger charge is 2.04. The summed E-state index contributed by atoms with van der Waals surface area (Å²) in [5, 5.41) is 0. The smallest absolute Gasteiger partial charge is 0.127 e. The molecule has 0 heterocycles. The van der Waals surface area contributed by atoms with Crippen LogP contribution in [0.25, 0.3) is 0 Å². The molecule has 1 aromatic rings. The maximum absolute atomic E-state index is 5.87. The Bertz CT molecular complexity index is 356. The standard InChI is InChI=1S/C11H15BrN2/c1-7(2)14-11(13)9-5-4-8(3)6-10(9)12/h4-7H,1-3H3,(H2,13,14). The fourth-order valence-electron chi connectivity index (χ4n) is 1.18. The zero-order valence-electron chi connectivity index (χ0n) is 8.71. The van der Waals surface area contributed by atoms with Crippen LogP contribution in [0.3, 0.4) is 0 Å². The molecule has 1 rings (SSSR count). The second-order valence-electron chi connectivity index (χ2n) is 3.59. The van der Waals surface area contributed by atoms with Crippen LogP contribution < -0.4 is 5.73 Å². The average Bonchev–Trinajstić information content (AvgIpc) is 2.01. The average molecular weight is 255 g/mol. The molecule has 3 heteroatoms. The first-order valence-corrected chi connectivity index (χ1v) is 5.40. The molecular formula is C11H15BrN2. The molecule has 0 radical (unpaired) electrons. The number of amidine groups is 1. The highest BCUT2D eigenvalue weighted by molar-refractivity contribution is 9.10. The van der Waals surface area contributed by atoms with Gasteiger partial charge in [-0.25, -0.2) is 0 Å². The van der Waals surface area contributed by atoms with E-state index >= 15 is 0 Å². The second-order valence-corrected chi connectivity index (χ2v) is 4.45. The summed E-state index contributed by atoms with van der Waals surface area (Å²) in [6.07, 6.45) is 0. The van der Waals surface area contributed by atoms with Crippen LogP contribution in [0.2, 0.25) is 0 Å². The molecule has 0 amide bonds. The van der Waals surface area contributed by atoms with E-state index < -0.39 is 0 Å². The van der Waals surface area contributed by atoms with Crippen LogP contribution in [-0.2, 0) is 0 Å². The number of benzene rings is 1. The third-order valence-electron chi connectivity index (χ3n) is 1.80. The fraction of sp³-hybridized carbons (Fsp3) is 0.364. The van der Waals surface area contributed by atoms with E-state index in [1.807, 2.05) is 39.0 Å². The molecule has 0 fully saturated rings. The van der Waals surface area contributed by atoms with Crippen molar-refractivity contribution in [1.82, 2.24) is 0 Å². The van der Waals surface area contributed by atoms with E-state index in [1.54, 1.807) is 0 Å². The van der Waals surface area contributed by atoms with Gasteiger partial charge in [0.05, 0.1) is 0 Å². The molecule has 14 heavy (non-hydrogen) atoms. The van der Waals surface area contributed by atoms with Crippen LogP contribution in [0.15, 0.2) is 27.7 Å². The van der Waals surface area contributed by atoms with Crippen LogP contribution in [0.1, 0.15) is 25.0 Å². The lowest BCUT2D eigenvalue weighted by Crippen LogP contribution is -2.16. The summed E-state index contributed by atoms with van der Waals surface area (Å²) in [6.45, 7) is 6.06. The summed E-state index contributed by atoms with van der Waals surface area (Å²) in [5.74, 6) is 0.590. The lowest BCUT2D eigenvalue weighted by Gasteiger charge is -2.06. The minimum absolute atomic E-state index is 0.225.